The van der Waals surface area contributed by atoms with E-state index in [1.807, 2.05) is 19.1 Å². The molecule has 0 aliphatic heterocycles. The van der Waals surface area contributed by atoms with Crippen molar-refractivity contribution >= 4 is 0 Å². The maximum Gasteiger partial charge on any atom is 0.197 e. The van der Waals surface area contributed by atoms with Crippen LogP contribution >= 0.6 is 0 Å². The van der Waals surface area contributed by atoms with Crippen molar-refractivity contribution in [3.63, 3.8) is 0 Å². The average Bonchev–Trinajstić information content (AvgIpc) is 2.73. The van der Waals surface area contributed by atoms with Crippen LogP contribution in [0, 0.1) is 0 Å². The van der Waals surface area contributed by atoms with Gasteiger partial charge in [-0.25, -0.2) is 0 Å². The molecule has 1 aliphatic rings. The van der Waals surface area contributed by atoms with E-state index in [0.29, 0.717) is 25.2 Å². The fourth-order valence-electron chi connectivity index (χ4n) is 3.75. The summed E-state index contributed by atoms with van der Waals surface area (Å²) in [6.45, 7) is 5.27. The predicted molar refractivity (Wildman–Crippen MR) is 109 cm³/mol. The molecule has 146 valence electrons. The molecule has 0 N–H and O–H groups in total. The minimum atomic E-state index is -0.269. The highest BCUT2D eigenvalue weighted by Gasteiger charge is 2.22. The molecule has 0 spiro atoms. The quantitative estimate of drug-likeness (QED) is 0.418. The summed E-state index contributed by atoms with van der Waals surface area (Å²) >= 11 is 0. The Bertz CT molecular complexity index is 645. The van der Waals surface area contributed by atoms with E-state index in [1.54, 1.807) is 0 Å². The summed E-state index contributed by atoms with van der Waals surface area (Å²) < 4.78 is 17.5. The first-order valence-electron chi connectivity index (χ1n) is 10.3. The van der Waals surface area contributed by atoms with Gasteiger partial charge < -0.3 is 14.2 Å². The zero-order valence-electron chi connectivity index (χ0n) is 16.6. The molecule has 1 fully saturated rings. The van der Waals surface area contributed by atoms with Crippen LogP contribution in [0.4, 0.5) is 0 Å². The summed E-state index contributed by atoms with van der Waals surface area (Å²) in [4.78, 5) is 0. The van der Waals surface area contributed by atoms with Crippen LogP contribution in [0.25, 0.3) is 0 Å². The van der Waals surface area contributed by atoms with Crippen molar-refractivity contribution in [2.45, 2.75) is 64.3 Å². The van der Waals surface area contributed by atoms with Gasteiger partial charge in [0.2, 0.25) is 0 Å². The summed E-state index contributed by atoms with van der Waals surface area (Å²) in [7, 11) is 0. The van der Waals surface area contributed by atoms with Crippen molar-refractivity contribution in [2.75, 3.05) is 13.2 Å². The topological polar surface area (TPSA) is 27.7 Å². The number of ether oxygens (including phenoxy) is 3. The number of benzene rings is 2. The van der Waals surface area contributed by atoms with Gasteiger partial charge in [0.15, 0.2) is 6.29 Å². The number of rotatable bonds is 9. The van der Waals surface area contributed by atoms with Gasteiger partial charge in [-0.3, -0.25) is 0 Å². The fraction of sp³-hybridized carbons (Fsp3) is 0.500. The summed E-state index contributed by atoms with van der Waals surface area (Å²) in [5.41, 5.74) is 2.78. The fourth-order valence-corrected chi connectivity index (χ4v) is 3.75. The SMILES string of the molecule is CCc1ccc(OC(C)OCCOC2CCC(c3ccccc3)CC2)cc1. The molecule has 0 amide bonds. The van der Waals surface area contributed by atoms with Crippen LogP contribution < -0.4 is 4.74 Å². The molecule has 0 bridgehead atoms. The molecule has 1 unspecified atom stereocenters. The van der Waals surface area contributed by atoms with Gasteiger partial charge in [0.1, 0.15) is 5.75 Å². The van der Waals surface area contributed by atoms with Crippen molar-refractivity contribution in [1.82, 2.24) is 0 Å². The molecule has 3 nitrogen and oxygen atoms in total. The predicted octanol–water partition coefficient (Wildman–Crippen LogP) is 5.73. The molecule has 0 radical (unpaired) electrons. The van der Waals surface area contributed by atoms with Crippen LogP contribution in [-0.4, -0.2) is 25.6 Å². The summed E-state index contributed by atoms with van der Waals surface area (Å²) in [5.74, 6) is 1.54. The van der Waals surface area contributed by atoms with Crippen molar-refractivity contribution < 1.29 is 14.2 Å². The normalized spacial score (nSPS) is 21.0. The van der Waals surface area contributed by atoms with Crippen LogP contribution in [0.15, 0.2) is 54.6 Å². The molecular formula is C24H32O3. The molecule has 1 saturated carbocycles. The van der Waals surface area contributed by atoms with Gasteiger partial charge in [-0.15, -0.1) is 0 Å². The zero-order chi connectivity index (χ0) is 18.9. The minimum absolute atomic E-state index is 0.269. The van der Waals surface area contributed by atoms with Gasteiger partial charge in [0, 0.05) is 0 Å². The van der Waals surface area contributed by atoms with Crippen LogP contribution in [0.3, 0.4) is 0 Å². The highest BCUT2D eigenvalue weighted by molar-refractivity contribution is 5.27. The molecule has 3 heteroatoms. The first kappa shape index (κ1) is 19.9. The Labute approximate surface area is 163 Å². The highest BCUT2D eigenvalue weighted by atomic mass is 16.7. The average molecular weight is 369 g/mol. The first-order valence-corrected chi connectivity index (χ1v) is 10.3. The van der Waals surface area contributed by atoms with E-state index >= 15 is 0 Å². The van der Waals surface area contributed by atoms with E-state index in [1.165, 1.54) is 24.0 Å². The molecule has 0 heterocycles. The summed E-state index contributed by atoms with van der Waals surface area (Å²) in [5, 5.41) is 0. The van der Waals surface area contributed by atoms with Crippen molar-refractivity contribution in [3.8, 4) is 5.75 Å². The smallest absolute Gasteiger partial charge is 0.197 e. The monoisotopic (exact) mass is 368 g/mol. The lowest BCUT2D eigenvalue weighted by Gasteiger charge is -2.29. The second-order valence-electron chi connectivity index (χ2n) is 7.31. The third-order valence-electron chi connectivity index (χ3n) is 5.37. The lowest BCUT2D eigenvalue weighted by Crippen LogP contribution is -2.24. The minimum Gasteiger partial charge on any atom is -0.465 e. The Kier molecular flexibility index (Phi) is 7.73. The standard InChI is InChI=1S/C24H32O3/c1-3-20-9-13-24(14-10-20)27-19(2)25-17-18-26-23-15-11-22(12-16-23)21-7-5-4-6-8-21/h4-10,13-14,19,22-23H,3,11-12,15-18H2,1-2H3. The van der Waals surface area contributed by atoms with E-state index < -0.39 is 0 Å². The zero-order valence-corrected chi connectivity index (χ0v) is 16.6. The second kappa shape index (κ2) is 10.5. The van der Waals surface area contributed by atoms with Gasteiger partial charge in [-0.2, -0.15) is 0 Å². The lowest BCUT2D eigenvalue weighted by molar-refractivity contribution is -0.0944. The Hall–Kier alpha value is -1.84. The van der Waals surface area contributed by atoms with Crippen LogP contribution in [-0.2, 0) is 15.9 Å². The molecule has 2 aromatic rings. The number of hydrogen-bond acceptors (Lipinski definition) is 3. The van der Waals surface area contributed by atoms with Crippen molar-refractivity contribution in [2.24, 2.45) is 0 Å². The maximum absolute atomic E-state index is 6.02. The van der Waals surface area contributed by atoms with Crippen LogP contribution in [0.2, 0.25) is 0 Å². The highest BCUT2D eigenvalue weighted by Crippen LogP contribution is 2.33. The second-order valence-corrected chi connectivity index (χ2v) is 7.31. The molecule has 2 aromatic carbocycles. The number of aryl methyl sites for hydroxylation is 1. The molecule has 3 rings (SSSR count). The van der Waals surface area contributed by atoms with Gasteiger partial charge in [-0.05, 0) is 68.2 Å². The van der Waals surface area contributed by atoms with Crippen molar-refractivity contribution in [1.29, 1.82) is 0 Å². The van der Waals surface area contributed by atoms with E-state index in [9.17, 15) is 0 Å². The molecule has 0 saturated heterocycles. The molecule has 27 heavy (non-hydrogen) atoms. The molecule has 1 aliphatic carbocycles. The van der Waals surface area contributed by atoms with Crippen molar-refractivity contribution in [3.05, 3.63) is 65.7 Å². The molecule has 1 atom stereocenters. The van der Waals surface area contributed by atoms with Gasteiger partial charge in [0.25, 0.3) is 0 Å². The number of hydrogen-bond donors (Lipinski definition) is 0. The Morgan fingerprint density at radius 1 is 0.889 bits per heavy atom. The first-order chi connectivity index (χ1) is 13.2. The Balaban J connectivity index is 1.29. The molecular weight excluding hydrogens is 336 g/mol. The van der Waals surface area contributed by atoms with E-state index in [0.717, 1.165) is 25.0 Å². The van der Waals surface area contributed by atoms with Gasteiger partial charge in [-0.1, -0.05) is 49.4 Å². The van der Waals surface area contributed by atoms with E-state index in [2.05, 4.69) is 49.4 Å². The van der Waals surface area contributed by atoms with Gasteiger partial charge in [0.05, 0.1) is 19.3 Å². The maximum atomic E-state index is 6.02. The third-order valence-corrected chi connectivity index (χ3v) is 5.37. The largest absolute Gasteiger partial charge is 0.465 e. The molecule has 0 aromatic heterocycles. The third kappa shape index (κ3) is 6.37. The lowest BCUT2D eigenvalue weighted by atomic mass is 9.83. The van der Waals surface area contributed by atoms with Gasteiger partial charge >= 0.3 is 0 Å². The van der Waals surface area contributed by atoms with E-state index in [-0.39, 0.29) is 6.29 Å². The Morgan fingerprint density at radius 2 is 1.59 bits per heavy atom. The Morgan fingerprint density at radius 3 is 2.26 bits per heavy atom. The van der Waals surface area contributed by atoms with Crippen LogP contribution in [0.1, 0.15) is 56.6 Å². The summed E-state index contributed by atoms with van der Waals surface area (Å²) in [6.07, 6.45) is 5.83. The van der Waals surface area contributed by atoms with E-state index in [4.69, 9.17) is 14.2 Å². The summed E-state index contributed by atoms with van der Waals surface area (Å²) in [6, 6.07) is 19.0. The van der Waals surface area contributed by atoms with Crippen LogP contribution in [0.5, 0.6) is 5.75 Å².